The molecule has 0 radical (unpaired) electrons. The quantitative estimate of drug-likeness (QED) is 0.806. The second kappa shape index (κ2) is 5.31. The lowest BCUT2D eigenvalue weighted by Crippen LogP contribution is -2.34. The summed E-state index contributed by atoms with van der Waals surface area (Å²) in [5.74, 6) is 1.57. The molecule has 116 valence electrons. The minimum absolute atomic E-state index is 0.0324. The molecule has 1 aromatic heterocycles. The number of para-hydroxylation sites is 1. The first-order chi connectivity index (χ1) is 11.3. The van der Waals surface area contributed by atoms with Gasteiger partial charge >= 0.3 is 0 Å². The van der Waals surface area contributed by atoms with Crippen molar-refractivity contribution >= 4 is 11.6 Å². The van der Waals surface area contributed by atoms with Gasteiger partial charge in [-0.2, -0.15) is 0 Å². The molecule has 0 bridgehead atoms. The number of hydrogen-bond acceptors (Lipinski definition) is 5. The third-order valence-corrected chi connectivity index (χ3v) is 4.15. The van der Waals surface area contributed by atoms with E-state index in [-0.39, 0.29) is 6.17 Å². The zero-order valence-electron chi connectivity index (χ0n) is 13.0. The Kier molecular flexibility index (Phi) is 3.15. The number of fused-ring (bicyclic) bond motifs is 3. The molecular formula is C17H17N5O. The Balaban J connectivity index is 1.77. The summed E-state index contributed by atoms with van der Waals surface area (Å²) in [6.45, 7) is 0. The van der Waals surface area contributed by atoms with Gasteiger partial charge in [-0.3, -0.25) is 4.57 Å². The zero-order chi connectivity index (χ0) is 15.8. The molecule has 1 unspecified atom stereocenters. The minimum atomic E-state index is -0.0324. The molecule has 0 aliphatic carbocycles. The number of rotatable bonds is 3. The third kappa shape index (κ3) is 2.19. The van der Waals surface area contributed by atoms with Gasteiger partial charge in [-0.1, -0.05) is 24.3 Å². The second-order valence-corrected chi connectivity index (χ2v) is 5.44. The molecule has 0 saturated heterocycles. The summed E-state index contributed by atoms with van der Waals surface area (Å²) in [5.41, 5.74) is 3.32. The molecule has 1 atom stereocenters. The Morgan fingerprint density at radius 3 is 2.91 bits per heavy atom. The monoisotopic (exact) mass is 307 g/mol. The van der Waals surface area contributed by atoms with Crippen LogP contribution in [0.2, 0.25) is 0 Å². The van der Waals surface area contributed by atoms with E-state index < -0.39 is 0 Å². The average molecular weight is 307 g/mol. The smallest absolute Gasteiger partial charge is 0.230 e. The number of methoxy groups -OCH3 is 1. The Morgan fingerprint density at radius 2 is 2.04 bits per heavy atom. The molecule has 1 aliphatic rings. The van der Waals surface area contributed by atoms with Gasteiger partial charge in [0.05, 0.1) is 12.8 Å². The Labute approximate surface area is 134 Å². The predicted molar refractivity (Wildman–Crippen MR) is 89.1 cm³/mol. The molecule has 1 N–H and O–H groups in total. The molecule has 3 aromatic rings. The fourth-order valence-electron chi connectivity index (χ4n) is 2.93. The molecule has 0 saturated carbocycles. The van der Waals surface area contributed by atoms with Crippen LogP contribution in [0.1, 0.15) is 11.7 Å². The van der Waals surface area contributed by atoms with Crippen LogP contribution >= 0.6 is 0 Å². The van der Waals surface area contributed by atoms with E-state index in [1.54, 1.807) is 13.4 Å². The van der Waals surface area contributed by atoms with Crippen molar-refractivity contribution in [3.8, 4) is 11.4 Å². The van der Waals surface area contributed by atoms with E-state index in [1.807, 2.05) is 34.9 Å². The fraction of sp³-hybridized carbons (Fsp3) is 0.176. The van der Waals surface area contributed by atoms with Crippen molar-refractivity contribution in [2.75, 3.05) is 24.4 Å². The van der Waals surface area contributed by atoms with Crippen molar-refractivity contribution in [3.05, 3.63) is 60.4 Å². The molecule has 1 aliphatic heterocycles. The second-order valence-electron chi connectivity index (χ2n) is 5.44. The lowest BCUT2D eigenvalue weighted by atomic mass is 10.1. The summed E-state index contributed by atoms with van der Waals surface area (Å²) in [7, 11) is 3.73. The summed E-state index contributed by atoms with van der Waals surface area (Å²) in [4.78, 5) is 2.17. The Hall–Kier alpha value is -3.02. The molecule has 4 rings (SSSR count). The van der Waals surface area contributed by atoms with E-state index in [0.717, 1.165) is 23.1 Å². The number of aromatic nitrogens is 3. The Bertz CT molecular complexity index is 844. The van der Waals surface area contributed by atoms with Crippen LogP contribution in [0.3, 0.4) is 0 Å². The lowest BCUT2D eigenvalue weighted by molar-refractivity contribution is 0.414. The van der Waals surface area contributed by atoms with E-state index in [4.69, 9.17) is 4.74 Å². The summed E-state index contributed by atoms with van der Waals surface area (Å²) < 4.78 is 7.30. The molecule has 6 heteroatoms. The van der Waals surface area contributed by atoms with Crippen LogP contribution in [0.4, 0.5) is 11.6 Å². The lowest BCUT2D eigenvalue weighted by Gasteiger charge is -2.35. The topological polar surface area (TPSA) is 55.2 Å². The van der Waals surface area contributed by atoms with Crippen LogP contribution in [-0.4, -0.2) is 28.9 Å². The number of benzene rings is 2. The van der Waals surface area contributed by atoms with Gasteiger partial charge in [0.2, 0.25) is 5.95 Å². The summed E-state index contributed by atoms with van der Waals surface area (Å²) in [5, 5.41) is 11.6. The van der Waals surface area contributed by atoms with Crippen molar-refractivity contribution in [2.45, 2.75) is 6.17 Å². The summed E-state index contributed by atoms with van der Waals surface area (Å²) in [6.07, 6.45) is 1.69. The fourth-order valence-corrected chi connectivity index (χ4v) is 2.93. The van der Waals surface area contributed by atoms with Gasteiger partial charge in [-0.05, 0) is 18.2 Å². The van der Waals surface area contributed by atoms with E-state index in [1.165, 1.54) is 5.56 Å². The maximum Gasteiger partial charge on any atom is 0.230 e. The van der Waals surface area contributed by atoms with Crippen molar-refractivity contribution in [3.63, 3.8) is 0 Å². The van der Waals surface area contributed by atoms with Gasteiger partial charge < -0.3 is 15.0 Å². The minimum Gasteiger partial charge on any atom is -0.497 e. The maximum atomic E-state index is 5.33. The molecule has 6 nitrogen and oxygen atoms in total. The van der Waals surface area contributed by atoms with Crippen molar-refractivity contribution in [1.29, 1.82) is 0 Å². The summed E-state index contributed by atoms with van der Waals surface area (Å²) in [6, 6.07) is 16.3. The van der Waals surface area contributed by atoms with Crippen LogP contribution in [0.15, 0.2) is 54.9 Å². The summed E-state index contributed by atoms with van der Waals surface area (Å²) >= 11 is 0. The van der Waals surface area contributed by atoms with Crippen LogP contribution in [0.5, 0.6) is 5.75 Å². The Morgan fingerprint density at radius 1 is 1.17 bits per heavy atom. The normalized spacial score (nSPS) is 15.3. The number of anilines is 2. The highest BCUT2D eigenvalue weighted by molar-refractivity contribution is 5.60. The van der Waals surface area contributed by atoms with E-state index in [9.17, 15) is 0 Å². The van der Waals surface area contributed by atoms with Crippen LogP contribution in [0.25, 0.3) is 5.69 Å². The highest BCUT2D eigenvalue weighted by Crippen LogP contribution is 2.35. The molecule has 0 amide bonds. The van der Waals surface area contributed by atoms with Gasteiger partial charge in [0.15, 0.2) is 0 Å². The number of nitrogens with zero attached hydrogens (tertiary/aromatic N) is 4. The molecule has 0 spiro atoms. The van der Waals surface area contributed by atoms with Gasteiger partial charge in [0.25, 0.3) is 0 Å². The number of nitrogens with one attached hydrogen (secondary N) is 1. The average Bonchev–Trinajstić information content (AvgIpc) is 3.09. The van der Waals surface area contributed by atoms with Crippen molar-refractivity contribution < 1.29 is 4.74 Å². The molecule has 0 fully saturated rings. The van der Waals surface area contributed by atoms with Crippen LogP contribution < -0.4 is 15.0 Å². The molecule has 2 heterocycles. The van der Waals surface area contributed by atoms with Gasteiger partial charge in [-0.15, -0.1) is 10.2 Å². The third-order valence-electron chi connectivity index (χ3n) is 4.15. The highest BCUT2D eigenvalue weighted by atomic mass is 16.5. The van der Waals surface area contributed by atoms with Crippen molar-refractivity contribution in [2.24, 2.45) is 0 Å². The van der Waals surface area contributed by atoms with Crippen molar-refractivity contribution in [1.82, 2.24) is 14.8 Å². The first kappa shape index (κ1) is 13.6. The van der Waals surface area contributed by atoms with Crippen LogP contribution in [0, 0.1) is 0 Å². The predicted octanol–water partition coefficient (Wildman–Crippen LogP) is 2.84. The first-order valence-corrected chi connectivity index (χ1v) is 7.40. The molecule has 2 aromatic carbocycles. The van der Waals surface area contributed by atoms with E-state index in [0.29, 0.717) is 0 Å². The largest absolute Gasteiger partial charge is 0.497 e. The number of hydrogen-bond donors (Lipinski definition) is 1. The number of ether oxygens (including phenoxy) is 1. The standard InChI is InChI=1S/C17H17N5O/c1-21(12-6-5-7-13(10-12)23-2)16-14-8-3-4-9-15(14)22-11-18-20-17(22)19-16/h3-11,16H,1-2H3,(H,19,20). The first-order valence-electron chi connectivity index (χ1n) is 7.40. The van der Waals surface area contributed by atoms with E-state index in [2.05, 4.69) is 45.7 Å². The van der Waals surface area contributed by atoms with Gasteiger partial charge in [0.1, 0.15) is 18.2 Å². The van der Waals surface area contributed by atoms with Crippen LogP contribution in [-0.2, 0) is 0 Å². The van der Waals surface area contributed by atoms with Gasteiger partial charge in [0, 0.05) is 24.4 Å². The molecular weight excluding hydrogens is 290 g/mol. The maximum absolute atomic E-state index is 5.33. The molecule has 23 heavy (non-hydrogen) atoms. The zero-order valence-corrected chi connectivity index (χ0v) is 13.0. The highest BCUT2D eigenvalue weighted by Gasteiger charge is 2.28. The van der Waals surface area contributed by atoms with E-state index >= 15 is 0 Å². The SMILES string of the molecule is COc1cccc(N(C)C2Nc3nncn3-c3ccccc32)c1. The van der Waals surface area contributed by atoms with Gasteiger partial charge in [-0.25, -0.2) is 0 Å².